The van der Waals surface area contributed by atoms with Crippen molar-refractivity contribution in [1.82, 2.24) is 5.43 Å². The Balaban J connectivity index is 2.52. The normalized spacial score (nSPS) is 33.0. The SMILES string of the molecule is CC1(C)OCCC1NN. The van der Waals surface area contributed by atoms with Gasteiger partial charge in [-0.1, -0.05) is 0 Å². The minimum absolute atomic E-state index is 0.0747. The first-order valence-electron chi connectivity index (χ1n) is 3.27. The van der Waals surface area contributed by atoms with Crippen LogP contribution in [0.25, 0.3) is 0 Å². The highest BCUT2D eigenvalue weighted by molar-refractivity contribution is 4.88. The second kappa shape index (κ2) is 2.25. The predicted octanol–water partition coefficient (Wildman–Crippen LogP) is 0.0172. The second-order valence-electron chi connectivity index (χ2n) is 2.96. The smallest absolute Gasteiger partial charge is 0.0793 e. The van der Waals surface area contributed by atoms with E-state index >= 15 is 0 Å². The minimum atomic E-state index is -0.0747. The molecule has 1 rings (SSSR count). The van der Waals surface area contributed by atoms with Crippen molar-refractivity contribution in [2.75, 3.05) is 6.61 Å². The Hall–Kier alpha value is -0.120. The first kappa shape index (κ1) is 6.99. The van der Waals surface area contributed by atoms with Gasteiger partial charge in [-0.2, -0.15) is 0 Å². The Morgan fingerprint density at radius 3 is 2.56 bits per heavy atom. The van der Waals surface area contributed by atoms with E-state index in [0.717, 1.165) is 13.0 Å². The fourth-order valence-electron chi connectivity index (χ4n) is 1.17. The van der Waals surface area contributed by atoms with Gasteiger partial charge in [-0.25, -0.2) is 0 Å². The lowest BCUT2D eigenvalue weighted by Gasteiger charge is -2.24. The largest absolute Gasteiger partial charge is 0.374 e. The van der Waals surface area contributed by atoms with Crippen LogP contribution in [0.15, 0.2) is 0 Å². The van der Waals surface area contributed by atoms with Gasteiger partial charge in [-0.15, -0.1) is 0 Å². The summed E-state index contributed by atoms with van der Waals surface area (Å²) in [6.45, 7) is 4.91. The maximum Gasteiger partial charge on any atom is 0.0793 e. The molecule has 0 spiro atoms. The molecule has 54 valence electrons. The van der Waals surface area contributed by atoms with Crippen molar-refractivity contribution in [2.24, 2.45) is 5.84 Å². The Morgan fingerprint density at radius 1 is 1.67 bits per heavy atom. The monoisotopic (exact) mass is 130 g/mol. The molecule has 3 N–H and O–H groups in total. The Morgan fingerprint density at radius 2 is 2.33 bits per heavy atom. The molecule has 0 aliphatic carbocycles. The number of rotatable bonds is 1. The Labute approximate surface area is 55.5 Å². The summed E-state index contributed by atoms with van der Waals surface area (Å²) in [4.78, 5) is 0. The summed E-state index contributed by atoms with van der Waals surface area (Å²) in [6, 6.07) is 0.317. The summed E-state index contributed by atoms with van der Waals surface area (Å²) in [6.07, 6.45) is 1.02. The van der Waals surface area contributed by atoms with Crippen molar-refractivity contribution in [1.29, 1.82) is 0 Å². The molecule has 1 aliphatic rings. The fraction of sp³-hybridized carbons (Fsp3) is 1.00. The van der Waals surface area contributed by atoms with Gasteiger partial charge >= 0.3 is 0 Å². The zero-order valence-electron chi connectivity index (χ0n) is 5.98. The first-order chi connectivity index (χ1) is 4.17. The molecular weight excluding hydrogens is 116 g/mol. The van der Waals surface area contributed by atoms with Crippen LogP contribution in [-0.4, -0.2) is 18.2 Å². The molecule has 0 saturated carbocycles. The second-order valence-corrected chi connectivity index (χ2v) is 2.96. The van der Waals surface area contributed by atoms with Gasteiger partial charge in [0.25, 0.3) is 0 Å². The fourth-order valence-corrected chi connectivity index (χ4v) is 1.17. The first-order valence-corrected chi connectivity index (χ1v) is 3.27. The van der Waals surface area contributed by atoms with E-state index in [1.165, 1.54) is 0 Å². The van der Waals surface area contributed by atoms with E-state index in [-0.39, 0.29) is 5.60 Å². The topological polar surface area (TPSA) is 47.3 Å². The molecule has 0 amide bonds. The van der Waals surface area contributed by atoms with Crippen molar-refractivity contribution in [3.05, 3.63) is 0 Å². The molecule has 1 aliphatic heterocycles. The lowest BCUT2D eigenvalue weighted by atomic mass is 10.0. The number of nitrogens with one attached hydrogen (secondary N) is 1. The van der Waals surface area contributed by atoms with E-state index in [2.05, 4.69) is 5.43 Å². The summed E-state index contributed by atoms with van der Waals surface area (Å²) in [5.41, 5.74) is 2.65. The van der Waals surface area contributed by atoms with Gasteiger partial charge in [0.05, 0.1) is 11.6 Å². The van der Waals surface area contributed by atoms with Gasteiger partial charge in [0.2, 0.25) is 0 Å². The van der Waals surface area contributed by atoms with Gasteiger partial charge in [0.15, 0.2) is 0 Å². The number of hydrogen-bond donors (Lipinski definition) is 2. The number of nitrogens with two attached hydrogens (primary N) is 1. The van der Waals surface area contributed by atoms with Gasteiger partial charge in [0.1, 0.15) is 0 Å². The van der Waals surface area contributed by atoms with Gasteiger partial charge in [0, 0.05) is 6.61 Å². The molecule has 1 fully saturated rings. The molecule has 0 aromatic heterocycles. The Kier molecular flexibility index (Phi) is 1.75. The van der Waals surface area contributed by atoms with Crippen molar-refractivity contribution in [3.63, 3.8) is 0 Å². The van der Waals surface area contributed by atoms with Crippen molar-refractivity contribution in [2.45, 2.75) is 31.9 Å². The zero-order valence-corrected chi connectivity index (χ0v) is 5.98. The maximum atomic E-state index is 5.40. The van der Waals surface area contributed by atoms with Crippen LogP contribution in [-0.2, 0) is 4.74 Å². The average Bonchev–Trinajstić information content (AvgIpc) is 2.08. The molecule has 3 nitrogen and oxygen atoms in total. The molecule has 1 heterocycles. The van der Waals surface area contributed by atoms with Crippen LogP contribution in [0.1, 0.15) is 20.3 Å². The van der Waals surface area contributed by atoms with Crippen molar-refractivity contribution in [3.8, 4) is 0 Å². The van der Waals surface area contributed by atoms with E-state index in [0.29, 0.717) is 6.04 Å². The molecule has 1 unspecified atom stereocenters. The highest BCUT2D eigenvalue weighted by Gasteiger charge is 2.34. The molecule has 0 aromatic rings. The number of ether oxygens (including phenoxy) is 1. The number of hydrazine groups is 1. The van der Waals surface area contributed by atoms with Gasteiger partial charge in [-0.3, -0.25) is 11.3 Å². The van der Waals surface area contributed by atoms with E-state index in [9.17, 15) is 0 Å². The average molecular weight is 130 g/mol. The maximum absolute atomic E-state index is 5.40. The van der Waals surface area contributed by atoms with Gasteiger partial charge in [-0.05, 0) is 20.3 Å². The minimum Gasteiger partial charge on any atom is -0.374 e. The molecule has 1 atom stereocenters. The Bertz CT molecular complexity index is 103. The summed E-state index contributed by atoms with van der Waals surface area (Å²) in [5, 5.41) is 0. The predicted molar refractivity (Wildman–Crippen MR) is 35.8 cm³/mol. The summed E-state index contributed by atoms with van der Waals surface area (Å²) in [7, 11) is 0. The van der Waals surface area contributed by atoms with Crippen LogP contribution in [0.4, 0.5) is 0 Å². The molecule has 0 aromatic carbocycles. The van der Waals surface area contributed by atoms with Crippen LogP contribution in [0, 0.1) is 0 Å². The molecule has 0 bridgehead atoms. The van der Waals surface area contributed by atoms with E-state index < -0.39 is 0 Å². The quantitative estimate of drug-likeness (QED) is 0.388. The molecule has 3 heteroatoms. The van der Waals surface area contributed by atoms with Crippen LogP contribution >= 0.6 is 0 Å². The molecular formula is C6H14N2O. The number of hydrogen-bond acceptors (Lipinski definition) is 3. The standard InChI is InChI=1S/C6H14N2O/c1-6(2)5(8-7)3-4-9-6/h5,8H,3-4,7H2,1-2H3. The highest BCUT2D eigenvalue weighted by atomic mass is 16.5. The van der Waals surface area contributed by atoms with Crippen LogP contribution in [0.2, 0.25) is 0 Å². The van der Waals surface area contributed by atoms with Gasteiger partial charge < -0.3 is 4.74 Å². The van der Waals surface area contributed by atoms with Crippen molar-refractivity contribution >= 4 is 0 Å². The van der Waals surface area contributed by atoms with Crippen LogP contribution in [0.5, 0.6) is 0 Å². The molecule has 1 saturated heterocycles. The third-order valence-corrected chi connectivity index (χ3v) is 1.92. The summed E-state index contributed by atoms with van der Waals surface area (Å²) in [5.74, 6) is 5.28. The lowest BCUT2D eigenvalue weighted by molar-refractivity contribution is 0.0218. The van der Waals surface area contributed by atoms with Crippen molar-refractivity contribution < 1.29 is 4.74 Å². The van der Waals surface area contributed by atoms with E-state index in [1.807, 2.05) is 13.8 Å². The summed E-state index contributed by atoms with van der Waals surface area (Å²) < 4.78 is 5.40. The zero-order chi connectivity index (χ0) is 6.91. The van der Waals surface area contributed by atoms with Crippen LogP contribution in [0.3, 0.4) is 0 Å². The lowest BCUT2D eigenvalue weighted by Crippen LogP contribution is -2.46. The molecule has 9 heavy (non-hydrogen) atoms. The van der Waals surface area contributed by atoms with E-state index in [4.69, 9.17) is 10.6 Å². The van der Waals surface area contributed by atoms with E-state index in [1.54, 1.807) is 0 Å². The molecule has 0 radical (unpaired) electrons. The third-order valence-electron chi connectivity index (χ3n) is 1.92. The highest BCUT2D eigenvalue weighted by Crippen LogP contribution is 2.23. The van der Waals surface area contributed by atoms with Crippen LogP contribution < -0.4 is 11.3 Å². The third kappa shape index (κ3) is 1.23. The summed E-state index contributed by atoms with van der Waals surface area (Å²) >= 11 is 0.